The van der Waals surface area contributed by atoms with Gasteiger partial charge in [0.25, 0.3) is 5.91 Å². The number of hydrogen-bond acceptors (Lipinski definition) is 3. The molecule has 18 heavy (non-hydrogen) atoms. The summed E-state index contributed by atoms with van der Waals surface area (Å²) in [6, 6.07) is 3.77. The quantitative estimate of drug-likeness (QED) is 0.864. The highest BCUT2D eigenvalue weighted by atomic mass is 19.1. The number of aromatic hydroxyl groups is 1. The molecule has 1 aliphatic rings. The van der Waals surface area contributed by atoms with Gasteiger partial charge >= 0.3 is 0 Å². The third-order valence-electron chi connectivity index (χ3n) is 3.14. The molecule has 1 atom stereocenters. The molecule has 1 fully saturated rings. The molecule has 5 heteroatoms. The van der Waals surface area contributed by atoms with Gasteiger partial charge in [-0.15, -0.1) is 0 Å². The van der Waals surface area contributed by atoms with Crippen LogP contribution in [0.5, 0.6) is 5.75 Å². The maximum absolute atomic E-state index is 13.4. The van der Waals surface area contributed by atoms with Crippen molar-refractivity contribution in [3.8, 4) is 5.75 Å². The van der Waals surface area contributed by atoms with E-state index in [9.17, 15) is 14.3 Å². The molecule has 2 N–H and O–H groups in total. The van der Waals surface area contributed by atoms with Crippen LogP contribution in [0.1, 0.15) is 30.1 Å². The second-order valence-corrected chi connectivity index (χ2v) is 4.72. The van der Waals surface area contributed by atoms with Gasteiger partial charge in [-0.2, -0.15) is 0 Å². The number of phenolic OH excluding ortho intramolecular Hbond substituents is 1. The van der Waals surface area contributed by atoms with E-state index in [1.807, 2.05) is 6.92 Å². The molecule has 1 aromatic carbocycles. The van der Waals surface area contributed by atoms with Crippen LogP contribution in [0.2, 0.25) is 0 Å². The third kappa shape index (κ3) is 2.61. The van der Waals surface area contributed by atoms with E-state index in [-0.39, 0.29) is 11.3 Å². The summed E-state index contributed by atoms with van der Waals surface area (Å²) in [5.74, 6) is -1.71. The molecule has 0 saturated carbocycles. The molecule has 1 aromatic rings. The Kier molecular flexibility index (Phi) is 3.52. The fourth-order valence-corrected chi connectivity index (χ4v) is 2.07. The second kappa shape index (κ2) is 4.94. The van der Waals surface area contributed by atoms with E-state index in [0.29, 0.717) is 13.2 Å². The van der Waals surface area contributed by atoms with E-state index in [4.69, 9.17) is 4.74 Å². The topological polar surface area (TPSA) is 58.6 Å². The van der Waals surface area contributed by atoms with E-state index in [0.717, 1.165) is 18.9 Å². The normalized spacial score (nSPS) is 23.0. The Bertz CT molecular complexity index is 435. The maximum Gasteiger partial charge on any atom is 0.258 e. The molecule has 1 heterocycles. The summed E-state index contributed by atoms with van der Waals surface area (Å²) < 4.78 is 19.0. The first-order valence-electron chi connectivity index (χ1n) is 5.91. The van der Waals surface area contributed by atoms with Crippen molar-refractivity contribution in [3.05, 3.63) is 29.6 Å². The first-order valence-corrected chi connectivity index (χ1v) is 5.91. The van der Waals surface area contributed by atoms with E-state index in [2.05, 4.69) is 5.32 Å². The van der Waals surface area contributed by atoms with Crippen LogP contribution in [-0.4, -0.2) is 29.8 Å². The molecular weight excluding hydrogens is 237 g/mol. The van der Waals surface area contributed by atoms with Crippen LogP contribution in [0.4, 0.5) is 4.39 Å². The van der Waals surface area contributed by atoms with Crippen molar-refractivity contribution in [2.75, 3.05) is 13.2 Å². The lowest BCUT2D eigenvalue weighted by Crippen LogP contribution is -2.40. The Morgan fingerprint density at radius 1 is 1.61 bits per heavy atom. The van der Waals surface area contributed by atoms with Gasteiger partial charge in [0, 0.05) is 13.2 Å². The van der Waals surface area contributed by atoms with Gasteiger partial charge < -0.3 is 15.2 Å². The first kappa shape index (κ1) is 12.8. The number of carbonyl (C=O) groups excluding carboxylic acids is 1. The average molecular weight is 253 g/mol. The van der Waals surface area contributed by atoms with Gasteiger partial charge in [0.05, 0.1) is 5.60 Å². The highest BCUT2D eigenvalue weighted by Gasteiger charge is 2.30. The van der Waals surface area contributed by atoms with Crippen LogP contribution >= 0.6 is 0 Å². The van der Waals surface area contributed by atoms with Crippen molar-refractivity contribution in [2.45, 2.75) is 25.4 Å². The Balaban J connectivity index is 2.04. The molecule has 1 aliphatic heterocycles. The number of benzene rings is 1. The zero-order valence-corrected chi connectivity index (χ0v) is 10.2. The average Bonchev–Trinajstić information content (AvgIpc) is 2.74. The molecule has 0 aromatic heterocycles. The molecule has 4 nitrogen and oxygen atoms in total. The molecule has 98 valence electrons. The second-order valence-electron chi connectivity index (χ2n) is 4.72. The summed E-state index contributed by atoms with van der Waals surface area (Å²) in [4.78, 5) is 11.8. The van der Waals surface area contributed by atoms with Crippen LogP contribution in [-0.2, 0) is 4.74 Å². The van der Waals surface area contributed by atoms with Crippen molar-refractivity contribution in [2.24, 2.45) is 0 Å². The Hall–Kier alpha value is -1.62. The van der Waals surface area contributed by atoms with E-state index < -0.39 is 17.3 Å². The van der Waals surface area contributed by atoms with Crippen LogP contribution in [0.3, 0.4) is 0 Å². The molecule has 0 bridgehead atoms. The summed E-state index contributed by atoms with van der Waals surface area (Å²) in [5.41, 5.74) is -0.713. The number of halogens is 1. The van der Waals surface area contributed by atoms with Crippen LogP contribution in [0.15, 0.2) is 18.2 Å². The fraction of sp³-hybridized carbons (Fsp3) is 0.462. The van der Waals surface area contributed by atoms with Gasteiger partial charge in [0.2, 0.25) is 0 Å². The zero-order chi connectivity index (χ0) is 13.2. The minimum absolute atomic E-state index is 0.305. The van der Waals surface area contributed by atoms with Gasteiger partial charge in [0.1, 0.15) is 17.1 Å². The monoisotopic (exact) mass is 253 g/mol. The van der Waals surface area contributed by atoms with E-state index >= 15 is 0 Å². The van der Waals surface area contributed by atoms with Gasteiger partial charge in [-0.1, -0.05) is 6.07 Å². The lowest BCUT2D eigenvalue weighted by atomic mass is 10.0. The molecule has 2 rings (SSSR count). The van der Waals surface area contributed by atoms with Gasteiger partial charge in [-0.3, -0.25) is 4.79 Å². The van der Waals surface area contributed by atoms with Crippen molar-refractivity contribution >= 4 is 5.91 Å². The number of rotatable bonds is 3. The number of nitrogens with one attached hydrogen (secondary N) is 1. The maximum atomic E-state index is 13.4. The number of phenols is 1. The van der Waals surface area contributed by atoms with Crippen LogP contribution in [0, 0.1) is 5.82 Å². The van der Waals surface area contributed by atoms with Crippen molar-refractivity contribution in [1.29, 1.82) is 0 Å². The molecule has 0 spiro atoms. The minimum atomic E-state index is -0.731. The molecule has 0 radical (unpaired) electrons. The summed E-state index contributed by atoms with van der Waals surface area (Å²) in [7, 11) is 0. The number of carbonyl (C=O) groups is 1. The third-order valence-corrected chi connectivity index (χ3v) is 3.14. The Morgan fingerprint density at radius 2 is 2.39 bits per heavy atom. The number of hydrogen-bond donors (Lipinski definition) is 2. The molecular formula is C13H16FNO3. The van der Waals surface area contributed by atoms with Gasteiger partial charge in [-0.05, 0) is 31.9 Å². The summed E-state index contributed by atoms with van der Waals surface area (Å²) >= 11 is 0. The number of amides is 1. The largest absolute Gasteiger partial charge is 0.507 e. The predicted octanol–water partition coefficient (Wildman–Crippen LogP) is 1.83. The van der Waals surface area contributed by atoms with E-state index in [1.165, 1.54) is 12.1 Å². The minimum Gasteiger partial charge on any atom is -0.507 e. The van der Waals surface area contributed by atoms with Crippen LogP contribution < -0.4 is 5.32 Å². The summed E-state index contributed by atoms with van der Waals surface area (Å²) in [5, 5.41) is 12.1. The predicted molar refractivity (Wildman–Crippen MR) is 64.0 cm³/mol. The van der Waals surface area contributed by atoms with Crippen molar-refractivity contribution < 1.29 is 19.0 Å². The first-order chi connectivity index (χ1) is 8.52. The van der Waals surface area contributed by atoms with Gasteiger partial charge in [0.15, 0.2) is 0 Å². The lowest BCUT2D eigenvalue weighted by Gasteiger charge is -2.23. The lowest BCUT2D eigenvalue weighted by molar-refractivity contribution is 0.0205. The standard InChI is InChI=1S/C13H16FNO3/c1-13(6-3-7-18-13)8-15-12(17)11-9(14)4-2-5-10(11)16/h2,4-5,16H,3,6-8H2,1H3,(H,15,17). The smallest absolute Gasteiger partial charge is 0.258 e. The summed E-state index contributed by atoms with van der Waals surface area (Å²) in [6.07, 6.45) is 1.81. The summed E-state index contributed by atoms with van der Waals surface area (Å²) in [6.45, 7) is 2.89. The zero-order valence-electron chi connectivity index (χ0n) is 10.2. The molecule has 1 saturated heterocycles. The molecule has 1 amide bonds. The molecule has 1 unspecified atom stereocenters. The van der Waals surface area contributed by atoms with Crippen molar-refractivity contribution in [1.82, 2.24) is 5.32 Å². The highest BCUT2D eigenvalue weighted by molar-refractivity contribution is 5.97. The SMILES string of the molecule is CC1(CNC(=O)c2c(O)cccc2F)CCCO1. The Morgan fingerprint density at radius 3 is 3.00 bits per heavy atom. The van der Waals surface area contributed by atoms with Crippen LogP contribution in [0.25, 0.3) is 0 Å². The van der Waals surface area contributed by atoms with Gasteiger partial charge in [-0.25, -0.2) is 4.39 Å². The fourth-order valence-electron chi connectivity index (χ4n) is 2.07. The van der Waals surface area contributed by atoms with Crippen molar-refractivity contribution in [3.63, 3.8) is 0 Å². The Labute approximate surface area is 105 Å². The molecule has 0 aliphatic carbocycles. The highest BCUT2D eigenvalue weighted by Crippen LogP contribution is 2.25. The van der Waals surface area contributed by atoms with E-state index in [1.54, 1.807) is 0 Å². The number of ether oxygens (including phenoxy) is 1.